The summed E-state index contributed by atoms with van der Waals surface area (Å²) >= 11 is 0. The van der Waals surface area contributed by atoms with E-state index in [2.05, 4.69) is 11.7 Å². The number of esters is 1. The van der Waals surface area contributed by atoms with Gasteiger partial charge in [-0.3, -0.25) is 4.79 Å². The summed E-state index contributed by atoms with van der Waals surface area (Å²) in [5.41, 5.74) is 0. The van der Waals surface area contributed by atoms with Gasteiger partial charge in [-0.2, -0.15) is 0 Å². The molecule has 25 heavy (non-hydrogen) atoms. The van der Waals surface area contributed by atoms with Gasteiger partial charge in [-0.15, -0.1) is 13.2 Å². The second-order valence-corrected chi connectivity index (χ2v) is 6.65. The maximum Gasteiger partial charge on any atom is 0.573 e. The molecule has 0 atom stereocenters. The van der Waals surface area contributed by atoms with Gasteiger partial charge < -0.3 is 9.47 Å². The quantitative estimate of drug-likeness (QED) is 0.347. The molecule has 0 amide bonds. The SMILES string of the molecule is CCCCCC1CCC(C(=O)Oc2ccc(OC(F)(F)F)cc2)CC1. The summed E-state index contributed by atoms with van der Waals surface area (Å²) in [4.78, 5) is 12.2. The standard InChI is InChI=1S/C19H25F3O3/c1-2-3-4-5-14-6-8-15(9-7-14)18(23)24-16-10-12-17(13-11-16)25-19(20,21)22/h10-15H,2-9H2,1H3. The van der Waals surface area contributed by atoms with Crippen molar-refractivity contribution in [1.29, 1.82) is 0 Å². The number of hydrogen-bond donors (Lipinski definition) is 0. The summed E-state index contributed by atoms with van der Waals surface area (Å²) in [5.74, 6) is 0.198. The smallest absolute Gasteiger partial charge is 0.426 e. The maximum absolute atomic E-state index is 12.2. The fourth-order valence-electron chi connectivity index (χ4n) is 3.28. The van der Waals surface area contributed by atoms with E-state index in [1.165, 1.54) is 37.8 Å². The van der Waals surface area contributed by atoms with E-state index in [1.807, 2.05) is 0 Å². The number of halogens is 3. The highest BCUT2D eigenvalue weighted by Crippen LogP contribution is 2.33. The second-order valence-electron chi connectivity index (χ2n) is 6.65. The van der Waals surface area contributed by atoms with Gasteiger partial charge in [0.2, 0.25) is 0 Å². The Hall–Kier alpha value is -1.72. The minimum absolute atomic E-state index is 0.117. The molecule has 140 valence electrons. The lowest BCUT2D eigenvalue weighted by molar-refractivity contribution is -0.274. The van der Waals surface area contributed by atoms with Gasteiger partial charge in [0.15, 0.2) is 0 Å². The van der Waals surface area contributed by atoms with Crippen molar-refractivity contribution in [2.75, 3.05) is 0 Å². The number of hydrogen-bond acceptors (Lipinski definition) is 3. The van der Waals surface area contributed by atoms with Gasteiger partial charge in [0.25, 0.3) is 0 Å². The zero-order valence-corrected chi connectivity index (χ0v) is 14.5. The van der Waals surface area contributed by atoms with E-state index in [4.69, 9.17) is 4.74 Å². The van der Waals surface area contributed by atoms with Crippen molar-refractivity contribution in [2.24, 2.45) is 11.8 Å². The van der Waals surface area contributed by atoms with Crippen LogP contribution in [0.4, 0.5) is 13.2 Å². The number of carbonyl (C=O) groups excluding carboxylic acids is 1. The van der Waals surface area contributed by atoms with Crippen LogP contribution < -0.4 is 9.47 Å². The third kappa shape index (κ3) is 6.96. The summed E-state index contributed by atoms with van der Waals surface area (Å²) in [6.45, 7) is 2.19. The molecule has 1 aliphatic rings. The van der Waals surface area contributed by atoms with Crippen molar-refractivity contribution in [3.63, 3.8) is 0 Å². The number of unbranched alkanes of at least 4 members (excludes halogenated alkanes) is 2. The van der Waals surface area contributed by atoms with Crippen molar-refractivity contribution in [3.05, 3.63) is 24.3 Å². The Balaban J connectivity index is 1.77. The number of ether oxygens (including phenoxy) is 2. The van der Waals surface area contributed by atoms with Crippen molar-refractivity contribution in [1.82, 2.24) is 0 Å². The first-order valence-corrected chi connectivity index (χ1v) is 8.95. The van der Waals surface area contributed by atoms with Gasteiger partial charge in [0.1, 0.15) is 11.5 Å². The molecule has 6 heteroatoms. The highest BCUT2D eigenvalue weighted by Gasteiger charge is 2.31. The topological polar surface area (TPSA) is 35.5 Å². The van der Waals surface area contributed by atoms with Crippen LogP contribution >= 0.6 is 0 Å². The molecule has 0 aliphatic heterocycles. The molecule has 1 aromatic carbocycles. The van der Waals surface area contributed by atoms with Crippen molar-refractivity contribution in [2.45, 2.75) is 64.7 Å². The summed E-state index contributed by atoms with van der Waals surface area (Å²) in [7, 11) is 0. The van der Waals surface area contributed by atoms with Gasteiger partial charge in [-0.25, -0.2) is 0 Å². The lowest BCUT2D eigenvalue weighted by Crippen LogP contribution is -2.25. The van der Waals surface area contributed by atoms with E-state index < -0.39 is 6.36 Å². The van der Waals surface area contributed by atoms with Crippen LogP contribution in [-0.4, -0.2) is 12.3 Å². The molecule has 0 heterocycles. The van der Waals surface area contributed by atoms with Crippen LogP contribution in [-0.2, 0) is 4.79 Å². The predicted octanol–water partition coefficient (Wildman–Crippen LogP) is 5.88. The number of benzene rings is 1. The third-order valence-corrected chi connectivity index (χ3v) is 4.67. The lowest BCUT2D eigenvalue weighted by Gasteiger charge is -2.27. The molecule has 0 aromatic heterocycles. The molecule has 1 aromatic rings. The Labute approximate surface area is 146 Å². The third-order valence-electron chi connectivity index (χ3n) is 4.67. The van der Waals surface area contributed by atoms with E-state index in [1.54, 1.807) is 0 Å². The van der Waals surface area contributed by atoms with Crippen LogP contribution in [0.1, 0.15) is 58.3 Å². The lowest BCUT2D eigenvalue weighted by atomic mass is 9.80. The fraction of sp³-hybridized carbons (Fsp3) is 0.632. The fourth-order valence-corrected chi connectivity index (χ4v) is 3.28. The molecular formula is C19H25F3O3. The zero-order chi connectivity index (χ0) is 18.3. The van der Waals surface area contributed by atoms with Crippen molar-refractivity contribution < 1.29 is 27.4 Å². The Morgan fingerprint density at radius 2 is 1.64 bits per heavy atom. The van der Waals surface area contributed by atoms with Crippen LogP contribution in [0.25, 0.3) is 0 Å². The van der Waals surface area contributed by atoms with Gasteiger partial charge in [-0.05, 0) is 55.9 Å². The Kier molecular flexibility index (Phi) is 7.14. The van der Waals surface area contributed by atoms with Gasteiger partial charge >= 0.3 is 12.3 Å². The summed E-state index contributed by atoms with van der Waals surface area (Å²) in [6, 6.07) is 4.91. The molecule has 0 saturated heterocycles. The Bertz CT molecular complexity index is 532. The average molecular weight is 358 g/mol. The molecule has 0 spiro atoms. The number of rotatable bonds is 7. The molecule has 2 rings (SSSR count). The molecule has 0 radical (unpaired) electrons. The summed E-state index contributed by atoms with van der Waals surface area (Å²) in [5, 5.41) is 0. The average Bonchev–Trinajstić information content (AvgIpc) is 2.56. The first-order chi connectivity index (χ1) is 11.9. The largest absolute Gasteiger partial charge is 0.573 e. The summed E-state index contributed by atoms with van der Waals surface area (Å²) < 4.78 is 45.4. The molecular weight excluding hydrogens is 333 g/mol. The van der Waals surface area contributed by atoms with Crippen LogP contribution in [0.5, 0.6) is 11.5 Å². The Morgan fingerprint density at radius 1 is 1.04 bits per heavy atom. The van der Waals surface area contributed by atoms with Gasteiger partial charge in [-0.1, -0.05) is 32.6 Å². The highest BCUT2D eigenvalue weighted by molar-refractivity contribution is 5.75. The maximum atomic E-state index is 12.2. The van der Waals surface area contributed by atoms with E-state index in [0.29, 0.717) is 5.92 Å². The minimum Gasteiger partial charge on any atom is -0.426 e. The van der Waals surface area contributed by atoms with Crippen LogP contribution in [0.3, 0.4) is 0 Å². The monoisotopic (exact) mass is 358 g/mol. The molecule has 1 fully saturated rings. The molecule has 1 aliphatic carbocycles. The predicted molar refractivity (Wildman–Crippen MR) is 88.4 cm³/mol. The van der Waals surface area contributed by atoms with Gasteiger partial charge in [0.05, 0.1) is 5.92 Å². The molecule has 3 nitrogen and oxygen atoms in total. The van der Waals surface area contributed by atoms with Crippen LogP contribution in [0.2, 0.25) is 0 Å². The summed E-state index contributed by atoms with van der Waals surface area (Å²) in [6.07, 6.45) is 3.97. The normalized spacial score (nSPS) is 21.0. The zero-order valence-electron chi connectivity index (χ0n) is 14.5. The van der Waals surface area contributed by atoms with Crippen LogP contribution in [0, 0.1) is 11.8 Å². The molecule has 0 N–H and O–H groups in total. The molecule has 0 unspecified atom stereocenters. The van der Waals surface area contributed by atoms with Crippen LogP contribution in [0.15, 0.2) is 24.3 Å². The highest BCUT2D eigenvalue weighted by atomic mass is 19.4. The van der Waals surface area contributed by atoms with E-state index in [0.717, 1.165) is 37.8 Å². The molecule has 1 saturated carbocycles. The number of alkyl halides is 3. The first kappa shape index (κ1) is 19.6. The van der Waals surface area contributed by atoms with E-state index in [9.17, 15) is 18.0 Å². The van der Waals surface area contributed by atoms with Gasteiger partial charge in [0, 0.05) is 0 Å². The Morgan fingerprint density at radius 3 is 2.20 bits per heavy atom. The van der Waals surface area contributed by atoms with E-state index >= 15 is 0 Å². The second kappa shape index (κ2) is 9.11. The van der Waals surface area contributed by atoms with Crippen molar-refractivity contribution >= 4 is 5.97 Å². The molecule has 0 bridgehead atoms. The minimum atomic E-state index is -4.73. The number of carbonyl (C=O) groups is 1. The first-order valence-electron chi connectivity index (χ1n) is 8.95. The van der Waals surface area contributed by atoms with E-state index in [-0.39, 0.29) is 23.4 Å². The van der Waals surface area contributed by atoms with Crippen molar-refractivity contribution in [3.8, 4) is 11.5 Å².